The van der Waals surface area contributed by atoms with Gasteiger partial charge in [0.1, 0.15) is 5.82 Å². The van der Waals surface area contributed by atoms with Gasteiger partial charge >= 0.3 is 0 Å². The molecule has 2 heterocycles. The second-order valence-electron chi connectivity index (χ2n) is 6.68. The molecule has 1 atom stereocenters. The summed E-state index contributed by atoms with van der Waals surface area (Å²) < 4.78 is 0. The number of hydrogen-bond donors (Lipinski definition) is 3. The summed E-state index contributed by atoms with van der Waals surface area (Å²) in [5.41, 5.74) is 1.23. The number of aromatic nitrogens is 3. The lowest BCUT2D eigenvalue weighted by atomic mass is 10.1. The molecule has 0 unspecified atom stereocenters. The van der Waals surface area contributed by atoms with Crippen LogP contribution in [0, 0.1) is 6.92 Å². The minimum absolute atomic E-state index is 0.0694. The number of benzene rings is 1. The minimum Gasteiger partial charge on any atom is -0.355 e. The summed E-state index contributed by atoms with van der Waals surface area (Å²) in [5.74, 6) is 1.27. The number of carbonyl (C=O) groups excluding carboxylic acids is 2. The molecule has 8 nitrogen and oxygen atoms in total. The third-order valence-electron chi connectivity index (χ3n) is 4.58. The summed E-state index contributed by atoms with van der Waals surface area (Å²) in [6.45, 7) is 4.50. The first-order valence-corrected chi connectivity index (χ1v) is 10.4. The summed E-state index contributed by atoms with van der Waals surface area (Å²) in [6.07, 6.45) is 1.03. The highest BCUT2D eigenvalue weighted by atomic mass is 32.2. The summed E-state index contributed by atoms with van der Waals surface area (Å²) in [7, 11) is 0. The second-order valence-corrected chi connectivity index (χ2v) is 7.75. The molecule has 2 aromatic rings. The third-order valence-corrected chi connectivity index (χ3v) is 5.43. The van der Waals surface area contributed by atoms with Crippen molar-refractivity contribution in [3.8, 4) is 0 Å². The number of piperazine rings is 1. The maximum Gasteiger partial charge on any atom is 0.237 e. The van der Waals surface area contributed by atoms with Crippen LogP contribution in [0.15, 0.2) is 35.5 Å². The number of thioether (sulfide) groups is 1. The summed E-state index contributed by atoms with van der Waals surface area (Å²) in [6, 6.07) is 9.77. The average Bonchev–Trinajstić information content (AvgIpc) is 3.12. The van der Waals surface area contributed by atoms with E-state index in [0.717, 1.165) is 25.3 Å². The molecule has 28 heavy (non-hydrogen) atoms. The number of hydrogen-bond acceptors (Lipinski definition) is 6. The highest BCUT2D eigenvalue weighted by Crippen LogP contribution is 2.12. The number of nitrogens with zero attached hydrogens (tertiary/aromatic N) is 3. The highest BCUT2D eigenvalue weighted by Gasteiger charge is 2.31. The Hall–Kier alpha value is -2.39. The Bertz CT molecular complexity index is 782. The van der Waals surface area contributed by atoms with Gasteiger partial charge in [-0.2, -0.15) is 0 Å². The first-order valence-electron chi connectivity index (χ1n) is 9.46. The monoisotopic (exact) mass is 402 g/mol. The molecule has 2 amide bonds. The molecule has 1 aromatic carbocycles. The molecule has 3 rings (SSSR count). The second kappa shape index (κ2) is 10.2. The zero-order valence-corrected chi connectivity index (χ0v) is 16.8. The first kappa shape index (κ1) is 20.3. The Labute approximate surface area is 168 Å². The van der Waals surface area contributed by atoms with Crippen LogP contribution < -0.4 is 10.6 Å². The molecule has 1 aliphatic heterocycles. The van der Waals surface area contributed by atoms with Crippen molar-refractivity contribution in [3.05, 3.63) is 41.7 Å². The van der Waals surface area contributed by atoms with Crippen molar-refractivity contribution >= 4 is 23.6 Å². The van der Waals surface area contributed by atoms with Gasteiger partial charge in [-0.15, -0.1) is 5.10 Å². The molecule has 1 fully saturated rings. The molecule has 0 spiro atoms. The van der Waals surface area contributed by atoms with Gasteiger partial charge < -0.3 is 10.6 Å². The molecule has 9 heteroatoms. The number of H-pyrrole nitrogens is 1. The lowest BCUT2D eigenvalue weighted by molar-refractivity contribution is -0.133. The van der Waals surface area contributed by atoms with Crippen LogP contribution in [-0.4, -0.2) is 69.9 Å². The van der Waals surface area contributed by atoms with Crippen molar-refractivity contribution in [2.24, 2.45) is 0 Å². The van der Waals surface area contributed by atoms with Crippen LogP contribution in [0.1, 0.15) is 17.8 Å². The zero-order chi connectivity index (χ0) is 19.8. The van der Waals surface area contributed by atoms with Crippen molar-refractivity contribution < 1.29 is 9.59 Å². The lowest BCUT2D eigenvalue weighted by Crippen LogP contribution is -2.57. The summed E-state index contributed by atoms with van der Waals surface area (Å²) >= 11 is 1.48. The van der Waals surface area contributed by atoms with E-state index >= 15 is 0 Å². The number of aromatic amines is 1. The molecule has 0 saturated carbocycles. The van der Waals surface area contributed by atoms with E-state index in [1.54, 1.807) is 0 Å². The first-order chi connectivity index (χ1) is 13.6. The topological polar surface area (TPSA) is 103 Å². The average molecular weight is 403 g/mol. The fourth-order valence-electron chi connectivity index (χ4n) is 3.14. The van der Waals surface area contributed by atoms with Gasteiger partial charge in [0.2, 0.25) is 17.0 Å². The lowest BCUT2D eigenvalue weighted by Gasteiger charge is -2.34. The standard InChI is InChI=1S/C19H26N6O2S/c1-14-22-19(24-23-14)28-12-9-20-17(26)13-16-18(27)21-8-11-25(16)10-7-15-5-3-2-4-6-15/h2-6,16H,7-13H2,1H3,(H,20,26)(H,21,27)(H,22,23,24)/t16-/m1/s1. The highest BCUT2D eigenvalue weighted by molar-refractivity contribution is 7.99. The Morgan fingerprint density at radius 3 is 2.93 bits per heavy atom. The molecule has 1 aliphatic rings. The normalized spacial score (nSPS) is 17.3. The quantitative estimate of drug-likeness (QED) is 0.423. The molecule has 0 bridgehead atoms. The number of carbonyl (C=O) groups is 2. The van der Waals surface area contributed by atoms with Gasteiger partial charge in [-0.05, 0) is 18.9 Å². The number of amides is 2. The van der Waals surface area contributed by atoms with Crippen LogP contribution in [0.4, 0.5) is 0 Å². The largest absolute Gasteiger partial charge is 0.355 e. The molecule has 150 valence electrons. The van der Waals surface area contributed by atoms with E-state index in [-0.39, 0.29) is 18.2 Å². The SMILES string of the molecule is Cc1nc(SCCNC(=O)C[C@@H]2C(=O)NCCN2CCc2ccccc2)n[nH]1. The Morgan fingerprint density at radius 1 is 1.36 bits per heavy atom. The van der Waals surface area contributed by atoms with Crippen LogP contribution in [0.5, 0.6) is 0 Å². The van der Waals surface area contributed by atoms with E-state index in [1.807, 2.05) is 25.1 Å². The van der Waals surface area contributed by atoms with E-state index in [4.69, 9.17) is 0 Å². The number of aryl methyl sites for hydroxylation is 1. The fraction of sp³-hybridized carbons (Fsp3) is 0.474. The maximum absolute atomic E-state index is 12.3. The van der Waals surface area contributed by atoms with E-state index in [0.29, 0.717) is 24.0 Å². The van der Waals surface area contributed by atoms with Gasteiger partial charge in [0.05, 0.1) is 12.5 Å². The molecule has 0 radical (unpaired) electrons. The smallest absolute Gasteiger partial charge is 0.237 e. The Balaban J connectivity index is 1.43. The van der Waals surface area contributed by atoms with Crippen LogP contribution in [0.3, 0.4) is 0 Å². The van der Waals surface area contributed by atoms with Gasteiger partial charge in [0, 0.05) is 31.9 Å². The van der Waals surface area contributed by atoms with E-state index < -0.39 is 6.04 Å². The molecular weight excluding hydrogens is 376 g/mol. The predicted octanol–water partition coefficient (Wildman–Crippen LogP) is 0.755. The molecular formula is C19H26N6O2S. The zero-order valence-electron chi connectivity index (χ0n) is 16.0. The van der Waals surface area contributed by atoms with E-state index in [2.05, 4.69) is 42.8 Å². The van der Waals surface area contributed by atoms with Crippen LogP contribution >= 0.6 is 11.8 Å². The van der Waals surface area contributed by atoms with Crippen molar-refractivity contribution in [1.82, 2.24) is 30.7 Å². The van der Waals surface area contributed by atoms with Gasteiger partial charge in [-0.3, -0.25) is 19.6 Å². The maximum atomic E-state index is 12.3. The summed E-state index contributed by atoms with van der Waals surface area (Å²) in [4.78, 5) is 31.0. The van der Waals surface area contributed by atoms with Crippen LogP contribution in [0.2, 0.25) is 0 Å². The van der Waals surface area contributed by atoms with Crippen molar-refractivity contribution in [2.75, 3.05) is 31.9 Å². The van der Waals surface area contributed by atoms with Gasteiger partial charge in [0.25, 0.3) is 0 Å². The molecule has 1 saturated heterocycles. The Morgan fingerprint density at radius 2 is 2.18 bits per heavy atom. The number of nitrogens with one attached hydrogen (secondary N) is 3. The van der Waals surface area contributed by atoms with Crippen molar-refractivity contribution in [3.63, 3.8) is 0 Å². The number of rotatable bonds is 9. The molecule has 1 aromatic heterocycles. The predicted molar refractivity (Wildman–Crippen MR) is 108 cm³/mol. The molecule has 3 N–H and O–H groups in total. The molecule has 0 aliphatic carbocycles. The fourth-order valence-corrected chi connectivity index (χ4v) is 3.83. The van der Waals surface area contributed by atoms with Crippen LogP contribution in [0.25, 0.3) is 0 Å². The van der Waals surface area contributed by atoms with E-state index in [9.17, 15) is 9.59 Å². The Kier molecular flexibility index (Phi) is 7.44. The van der Waals surface area contributed by atoms with Gasteiger partial charge in [0.15, 0.2) is 0 Å². The minimum atomic E-state index is -0.416. The van der Waals surface area contributed by atoms with Gasteiger partial charge in [-0.1, -0.05) is 42.1 Å². The van der Waals surface area contributed by atoms with Crippen LogP contribution in [-0.2, 0) is 16.0 Å². The van der Waals surface area contributed by atoms with Crippen molar-refractivity contribution in [2.45, 2.75) is 31.0 Å². The summed E-state index contributed by atoms with van der Waals surface area (Å²) in [5, 5.41) is 13.3. The van der Waals surface area contributed by atoms with E-state index in [1.165, 1.54) is 17.3 Å². The van der Waals surface area contributed by atoms with Crippen molar-refractivity contribution in [1.29, 1.82) is 0 Å². The third kappa shape index (κ3) is 6.07. The van der Waals surface area contributed by atoms with Gasteiger partial charge in [-0.25, -0.2) is 4.98 Å².